The van der Waals surface area contributed by atoms with E-state index in [4.69, 9.17) is 5.73 Å². The molecule has 7 nitrogen and oxygen atoms in total. The van der Waals surface area contributed by atoms with Gasteiger partial charge in [0.2, 0.25) is 15.9 Å². The molecular formula is C16H25BrN4O3S. The van der Waals surface area contributed by atoms with E-state index in [0.29, 0.717) is 4.47 Å². The van der Waals surface area contributed by atoms with E-state index in [-0.39, 0.29) is 29.2 Å². The van der Waals surface area contributed by atoms with Crippen LogP contribution >= 0.6 is 15.9 Å². The minimum Gasteiger partial charge on any atom is -0.383 e. The number of nitrogens with two attached hydrogens (primary N) is 1. The van der Waals surface area contributed by atoms with Crippen LogP contribution in [-0.4, -0.2) is 43.2 Å². The molecule has 1 fully saturated rings. The summed E-state index contributed by atoms with van der Waals surface area (Å²) in [6, 6.07) is 1.52. The van der Waals surface area contributed by atoms with Crippen molar-refractivity contribution in [2.75, 3.05) is 19.3 Å². The molecule has 1 saturated carbocycles. The van der Waals surface area contributed by atoms with Crippen molar-refractivity contribution in [2.45, 2.75) is 55.9 Å². The first-order chi connectivity index (χ1) is 11.8. The van der Waals surface area contributed by atoms with Crippen LogP contribution in [0, 0.1) is 0 Å². The molecule has 1 aromatic heterocycles. The van der Waals surface area contributed by atoms with E-state index in [0.717, 1.165) is 30.0 Å². The summed E-state index contributed by atoms with van der Waals surface area (Å²) in [5, 5.41) is 2.97. The molecule has 1 heterocycles. The van der Waals surface area contributed by atoms with E-state index in [1.54, 1.807) is 0 Å². The average Bonchev–Trinajstić information content (AvgIpc) is 2.52. The lowest BCUT2D eigenvalue weighted by atomic mass is 9.97. The van der Waals surface area contributed by atoms with Gasteiger partial charge in [0, 0.05) is 23.8 Å². The van der Waals surface area contributed by atoms with E-state index in [2.05, 4.69) is 26.2 Å². The molecule has 0 aliphatic heterocycles. The maximum absolute atomic E-state index is 12.6. The summed E-state index contributed by atoms with van der Waals surface area (Å²) in [6.07, 6.45) is 9.15. The Labute approximate surface area is 157 Å². The number of carbonyl (C=O) groups excluding carboxylic acids is 1. The zero-order chi connectivity index (χ0) is 18.4. The molecule has 1 aromatic rings. The third-order valence-electron chi connectivity index (χ3n) is 4.37. The number of hydrogen-bond acceptors (Lipinski definition) is 5. The second-order valence-electron chi connectivity index (χ2n) is 6.41. The summed E-state index contributed by atoms with van der Waals surface area (Å²) in [5.41, 5.74) is 5.69. The van der Waals surface area contributed by atoms with Crippen LogP contribution in [0.1, 0.15) is 44.9 Å². The first kappa shape index (κ1) is 20.1. The number of nitrogens with one attached hydrogen (secondary N) is 1. The molecule has 9 heteroatoms. The molecule has 0 unspecified atom stereocenters. The number of pyridine rings is 1. The fourth-order valence-corrected chi connectivity index (χ4v) is 4.67. The third-order valence-corrected chi connectivity index (χ3v) is 6.64. The van der Waals surface area contributed by atoms with Crippen molar-refractivity contribution in [2.24, 2.45) is 0 Å². The Hall–Kier alpha value is -1.19. The highest BCUT2D eigenvalue weighted by Crippen LogP contribution is 2.23. The number of amides is 1. The van der Waals surface area contributed by atoms with Gasteiger partial charge in [0.25, 0.3) is 0 Å². The fraction of sp³-hybridized carbons (Fsp3) is 0.625. The molecule has 0 saturated heterocycles. The van der Waals surface area contributed by atoms with Crippen LogP contribution in [0.4, 0.5) is 5.82 Å². The van der Waals surface area contributed by atoms with Crippen molar-refractivity contribution < 1.29 is 13.2 Å². The lowest BCUT2D eigenvalue weighted by Gasteiger charge is -2.23. The standard InChI is InChI=1S/C16H25BrN4O3S/c1-21(25(23,24)14-9-12(17)10-19-16(14)18)11-15(22)20-13-7-5-3-2-4-6-8-13/h9-10,13H,2-8,11H2,1H3,(H2,18,19)(H,20,22). The number of nitrogens with zero attached hydrogens (tertiary/aromatic N) is 2. The molecule has 1 aliphatic carbocycles. The van der Waals surface area contributed by atoms with Gasteiger partial charge in [-0.15, -0.1) is 0 Å². The highest BCUT2D eigenvalue weighted by molar-refractivity contribution is 9.10. The van der Waals surface area contributed by atoms with E-state index in [1.165, 1.54) is 38.6 Å². The topological polar surface area (TPSA) is 105 Å². The highest BCUT2D eigenvalue weighted by Gasteiger charge is 2.27. The molecule has 2 rings (SSSR count). The number of anilines is 1. The molecule has 0 radical (unpaired) electrons. The van der Waals surface area contributed by atoms with Crippen LogP contribution in [0.5, 0.6) is 0 Å². The number of carbonyl (C=O) groups is 1. The van der Waals surface area contributed by atoms with Gasteiger partial charge in [0.15, 0.2) is 0 Å². The second kappa shape index (κ2) is 8.95. The van der Waals surface area contributed by atoms with Crippen LogP contribution in [0.3, 0.4) is 0 Å². The van der Waals surface area contributed by atoms with Gasteiger partial charge >= 0.3 is 0 Å². The van der Waals surface area contributed by atoms with Crippen LogP contribution in [-0.2, 0) is 14.8 Å². The molecule has 1 amide bonds. The molecule has 0 bridgehead atoms. The van der Waals surface area contributed by atoms with Gasteiger partial charge in [-0.25, -0.2) is 13.4 Å². The quantitative estimate of drug-likeness (QED) is 0.741. The van der Waals surface area contributed by atoms with E-state index in [9.17, 15) is 13.2 Å². The van der Waals surface area contributed by atoms with Crippen molar-refractivity contribution >= 4 is 37.7 Å². The average molecular weight is 433 g/mol. The number of likely N-dealkylation sites (N-methyl/N-ethyl adjacent to an activating group) is 1. The predicted octanol–water partition coefficient (Wildman–Crippen LogP) is 2.28. The SMILES string of the molecule is CN(CC(=O)NC1CCCCCCC1)S(=O)(=O)c1cc(Br)cnc1N. The van der Waals surface area contributed by atoms with Gasteiger partial charge in [-0.2, -0.15) is 4.31 Å². The van der Waals surface area contributed by atoms with Crippen molar-refractivity contribution in [1.29, 1.82) is 0 Å². The largest absolute Gasteiger partial charge is 0.383 e. The van der Waals surface area contributed by atoms with Gasteiger partial charge in [0.1, 0.15) is 10.7 Å². The molecular weight excluding hydrogens is 408 g/mol. The van der Waals surface area contributed by atoms with Gasteiger partial charge in [-0.1, -0.05) is 32.1 Å². The Balaban J connectivity index is 2.00. The van der Waals surface area contributed by atoms with Crippen LogP contribution in [0.2, 0.25) is 0 Å². The maximum Gasteiger partial charge on any atom is 0.246 e. The summed E-state index contributed by atoms with van der Waals surface area (Å²) >= 11 is 3.19. The predicted molar refractivity (Wildman–Crippen MR) is 100 cm³/mol. The first-order valence-electron chi connectivity index (χ1n) is 8.47. The van der Waals surface area contributed by atoms with Crippen molar-refractivity contribution in [3.05, 3.63) is 16.7 Å². The second-order valence-corrected chi connectivity index (χ2v) is 9.34. The van der Waals surface area contributed by atoms with Crippen LogP contribution in [0.25, 0.3) is 0 Å². The van der Waals surface area contributed by atoms with E-state index < -0.39 is 10.0 Å². The zero-order valence-electron chi connectivity index (χ0n) is 14.4. The number of nitrogen functional groups attached to an aromatic ring is 1. The Bertz CT molecular complexity index is 703. The number of sulfonamides is 1. The van der Waals surface area contributed by atoms with Crippen LogP contribution < -0.4 is 11.1 Å². The molecule has 3 N–H and O–H groups in total. The molecule has 1 aliphatic rings. The lowest BCUT2D eigenvalue weighted by Crippen LogP contribution is -2.43. The smallest absolute Gasteiger partial charge is 0.246 e. The molecule has 0 aromatic carbocycles. The number of halogens is 1. The van der Waals surface area contributed by atoms with Crippen molar-refractivity contribution in [3.63, 3.8) is 0 Å². The normalized spacial score (nSPS) is 17.1. The molecule has 0 atom stereocenters. The summed E-state index contributed by atoms with van der Waals surface area (Å²) < 4.78 is 26.8. The first-order valence-corrected chi connectivity index (χ1v) is 10.7. The zero-order valence-corrected chi connectivity index (χ0v) is 16.8. The lowest BCUT2D eigenvalue weighted by molar-refractivity contribution is -0.121. The van der Waals surface area contributed by atoms with Crippen LogP contribution in [0.15, 0.2) is 21.6 Å². The Kier molecular flexibility index (Phi) is 7.21. The summed E-state index contributed by atoms with van der Waals surface area (Å²) in [6.45, 7) is -0.245. The summed E-state index contributed by atoms with van der Waals surface area (Å²) in [5.74, 6) is -0.381. The molecule has 0 spiro atoms. The summed E-state index contributed by atoms with van der Waals surface area (Å²) in [4.78, 5) is 16.0. The van der Waals surface area contributed by atoms with Gasteiger partial charge < -0.3 is 11.1 Å². The molecule has 25 heavy (non-hydrogen) atoms. The highest BCUT2D eigenvalue weighted by atomic mass is 79.9. The Morgan fingerprint density at radius 2 is 1.92 bits per heavy atom. The van der Waals surface area contributed by atoms with Gasteiger partial charge in [-0.3, -0.25) is 4.79 Å². The van der Waals surface area contributed by atoms with E-state index in [1.807, 2.05) is 0 Å². The molecule has 140 valence electrons. The number of aromatic nitrogens is 1. The van der Waals surface area contributed by atoms with Gasteiger partial charge in [0.05, 0.1) is 6.54 Å². The Morgan fingerprint density at radius 1 is 1.32 bits per heavy atom. The third kappa shape index (κ3) is 5.65. The maximum atomic E-state index is 12.6. The minimum absolute atomic E-state index is 0.0875. The number of rotatable bonds is 5. The Morgan fingerprint density at radius 3 is 2.56 bits per heavy atom. The van der Waals surface area contributed by atoms with Crippen molar-refractivity contribution in [1.82, 2.24) is 14.6 Å². The number of hydrogen-bond donors (Lipinski definition) is 2. The monoisotopic (exact) mass is 432 g/mol. The van der Waals surface area contributed by atoms with Gasteiger partial charge in [-0.05, 0) is 34.8 Å². The summed E-state index contributed by atoms with van der Waals surface area (Å²) in [7, 11) is -2.52. The minimum atomic E-state index is -3.89. The van der Waals surface area contributed by atoms with E-state index >= 15 is 0 Å². The van der Waals surface area contributed by atoms with Crippen molar-refractivity contribution in [3.8, 4) is 0 Å². The fourth-order valence-electron chi connectivity index (χ4n) is 2.97.